The minimum atomic E-state index is -0.216. The van der Waals surface area contributed by atoms with E-state index >= 15 is 0 Å². The number of nitrogens with one attached hydrogen (secondary N) is 2. The summed E-state index contributed by atoms with van der Waals surface area (Å²) in [5.74, 6) is -0.0392. The molecule has 1 aromatic heterocycles. The molecule has 1 aliphatic rings. The molecule has 144 valence electrons. The molecule has 0 bridgehead atoms. The van der Waals surface area contributed by atoms with Crippen molar-refractivity contribution in [2.75, 3.05) is 5.75 Å². The Labute approximate surface area is 164 Å². The molecule has 27 heavy (non-hydrogen) atoms. The van der Waals surface area contributed by atoms with Gasteiger partial charge in [-0.25, -0.2) is 4.98 Å². The van der Waals surface area contributed by atoms with E-state index in [1.54, 1.807) is 0 Å². The Hall–Kier alpha value is -2.08. The van der Waals surface area contributed by atoms with Crippen LogP contribution in [0.4, 0.5) is 0 Å². The van der Waals surface area contributed by atoms with Gasteiger partial charge in [0.25, 0.3) is 0 Å². The van der Waals surface area contributed by atoms with Crippen molar-refractivity contribution in [3.63, 3.8) is 0 Å². The molecule has 1 fully saturated rings. The highest BCUT2D eigenvalue weighted by molar-refractivity contribution is 7.99. The van der Waals surface area contributed by atoms with Crippen LogP contribution in [0.3, 0.4) is 0 Å². The summed E-state index contributed by atoms with van der Waals surface area (Å²) in [6.07, 6.45) is 5.20. The van der Waals surface area contributed by atoms with E-state index in [1.807, 2.05) is 6.92 Å². The van der Waals surface area contributed by atoms with Crippen LogP contribution in [-0.2, 0) is 9.59 Å². The van der Waals surface area contributed by atoms with E-state index in [4.69, 9.17) is 4.98 Å². The third-order valence-electron chi connectivity index (χ3n) is 5.30. The second-order valence-corrected chi connectivity index (χ2v) is 8.31. The summed E-state index contributed by atoms with van der Waals surface area (Å²) in [5.41, 5.74) is 9.52. The molecule has 6 heteroatoms. The molecule has 0 radical (unpaired) electrons. The lowest BCUT2D eigenvalue weighted by Gasteiger charge is -2.20. The standard InChI is InChI=1S/C21H27N3O2S/c1-13-9-10-17-11-14(2)21(22-19(17)15(13)3)27-12-18(25)23-24-20(26)16-7-5-4-6-8-16/h9-11,16H,4-8,12H2,1-3H3,(H,23,25)(H,24,26). The molecule has 0 aliphatic heterocycles. The Kier molecular flexibility index (Phi) is 6.37. The van der Waals surface area contributed by atoms with Crippen molar-refractivity contribution in [3.8, 4) is 0 Å². The van der Waals surface area contributed by atoms with Crippen LogP contribution in [0.5, 0.6) is 0 Å². The molecule has 0 atom stereocenters. The maximum Gasteiger partial charge on any atom is 0.248 e. The Morgan fingerprint density at radius 2 is 1.81 bits per heavy atom. The molecule has 3 rings (SSSR count). The van der Waals surface area contributed by atoms with Crippen LogP contribution >= 0.6 is 11.8 Å². The highest BCUT2D eigenvalue weighted by atomic mass is 32.2. The van der Waals surface area contributed by atoms with Crippen molar-refractivity contribution in [3.05, 3.63) is 34.9 Å². The molecule has 1 saturated carbocycles. The smallest absolute Gasteiger partial charge is 0.248 e. The van der Waals surface area contributed by atoms with E-state index in [-0.39, 0.29) is 23.5 Å². The first-order valence-electron chi connectivity index (χ1n) is 9.55. The Bertz CT molecular complexity index is 860. The predicted octanol–water partition coefficient (Wildman–Crippen LogP) is 3.98. The van der Waals surface area contributed by atoms with Crippen LogP contribution in [0.2, 0.25) is 0 Å². The van der Waals surface area contributed by atoms with Crippen molar-refractivity contribution in [2.45, 2.75) is 57.9 Å². The number of aryl methyl sites for hydroxylation is 3. The average molecular weight is 386 g/mol. The fourth-order valence-electron chi connectivity index (χ4n) is 3.49. The number of carbonyl (C=O) groups excluding carboxylic acids is 2. The molecule has 2 amide bonds. The van der Waals surface area contributed by atoms with E-state index < -0.39 is 0 Å². The SMILES string of the molecule is Cc1cc2ccc(C)c(C)c2nc1SCC(=O)NNC(=O)C1CCCCC1. The van der Waals surface area contributed by atoms with Crippen molar-refractivity contribution in [1.29, 1.82) is 0 Å². The monoisotopic (exact) mass is 385 g/mol. The number of benzene rings is 1. The van der Waals surface area contributed by atoms with Crippen LogP contribution in [0.25, 0.3) is 10.9 Å². The largest absolute Gasteiger partial charge is 0.273 e. The number of nitrogens with zero attached hydrogens (tertiary/aromatic N) is 1. The number of aromatic nitrogens is 1. The predicted molar refractivity (Wildman–Crippen MR) is 110 cm³/mol. The van der Waals surface area contributed by atoms with Crippen LogP contribution in [0.1, 0.15) is 48.8 Å². The lowest BCUT2D eigenvalue weighted by Crippen LogP contribution is -2.45. The minimum Gasteiger partial charge on any atom is -0.273 e. The molecule has 0 spiro atoms. The van der Waals surface area contributed by atoms with Crippen LogP contribution in [0, 0.1) is 26.7 Å². The van der Waals surface area contributed by atoms with E-state index in [0.717, 1.165) is 47.2 Å². The molecule has 2 aromatic rings. The maximum atomic E-state index is 12.1. The van der Waals surface area contributed by atoms with Gasteiger partial charge in [0.2, 0.25) is 11.8 Å². The molecule has 0 unspecified atom stereocenters. The fourth-order valence-corrected chi connectivity index (χ4v) is 4.27. The Morgan fingerprint density at radius 3 is 2.56 bits per heavy atom. The van der Waals surface area contributed by atoms with Crippen LogP contribution < -0.4 is 10.9 Å². The highest BCUT2D eigenvalue weighted by Gasteiger charge is 2.21. The van der Waals surface area contributed by atoms with Gasteiger partial charge in [-0.05, 0) is 56.4 Å². The van der Waals surface area contributed by atoms with Crippen molar-refractivity contribution in [1.82, 2.24) is 15.8 Å². The summed E-state index contributed by atoms with van der Waals surface area (Å²) in [7, 11) is 0. The molecule has 1 heterocycles. The molecular weight excluding hydrogens is 358 g/mol. The van der Waals surface area contributed by atoms with Gasteiger partial charge in [-0.15, -0.1) is 0 Å². The van der Waals surface area contributed by atoms with Gasteiger partial charge in [0.05, 0.1) is 11.3 Å². The Balaban J connectivity index is 1.57. The lowest BCUT2D eigenvalue weighted by molar-refractivity contribution is -0.131. The summed E-state index contributed by atoms with van der Waals surface area (Å²) in [4.78, 5) is 29.0. The number of thioether (sulfide) groups is 1. The number of amides is 2. The summed E-state index contributed by atoms with van der Waals surface area (Å²) in [6.45, 7) is 6.15. The third-order valence-corrected chi connectivity index (χ3v) is 6.39. The van der Waals surface area contributed by atoms with E-state index in [9.17, 15) is 9.59 Å². The molecule has 1 aliphatic carbocycles. The molecule has 1 aromatic carbocycles. The van der Waals surface area contributed by atoms with Gasteiger partial charge in [-0.2, -0.15) is 0 Å². The zero-order valence-corrected chi connectivity index (χ0v) is 17.0. The average Bonchev–Trinajstić information content (AvgIpc) is 2.68. The first kappa shape index (κ1) is 19.7. The summed E-state index contributed by atoms with van der Waals surface area (Å²) < 4.78 is 0. The zero-order valence-electron chi connectivity index (χ0n) is 16.2. The maximum absolute atomic E-state index is 12.1. The lowest BCUT2D eigenvalue weighted by atomic mass is 9.89. The number of carbonyl (C=O) groups is 2. The van der Waals surface area contributed by atoms with Crippen molar-refractivity contribution >= 4 is 34.5 Å². The normalized spacial score (nSPS) is 14.9. The van der Waals surface area contributed by atoms with Gasteiger partial charge in [0.15, 0.2) is 0 Å². The first-order valence-corrected chi connectivity index (χ1v) is 10.5. The number of hydrazine groups is 1. The number of hydrogen-bond acceptors (Lipinski definition) is 4. The van der Waals surface area contributed by atoms with E-state index in [1.165, 1.54) is 29.3 Å². The van der Waals surface area contributed by atoms with Crippen molar-refractivity contribution < 1.29 is 9.59 Å². The minimum absolute atomic E-state index is 0.0299. The van der Waals surface area contributed by atoms with Gasteiger partial charge in [-0.1, -0.05) is 43.2 Å². The van der Waals surface area contributed by atoms with Gasteiger partial charge >= 0.3 is 0 Å². The zero-order chi connectivity index (χ0) is 19.4. The van der Waals surface area contributed by atoms with Gasteiger partial charge in [0, 0.05) is 11.3 Å². The summed E-state index contributed by atoms with van der Waals surface area (Å²) >= 11 is 1.40. The Morgan fingerprint density at radius 1 is 1.07 bits per heavy atom. The highest BCUT2D eigenvalue weighted by Crippen LogP contribution is 2.27. The number of rotatable bonds is 4. The third kappa shape index (κ3) is 4.80. The first-order chi connectivity index (χ1) is 13.0. The molecular formula is C21H27N3O2S. The van der Waals surface area contributed by atoms with Gasteiger partial charge in [-0.3, -0.25) is 20.4 Å². The van der Waals surface area contributed by atoms with E-state index in [2.05, 4.69) is 42.9 Å². The molecule has 5 nitrogen and oxygen atoms in total. The van der Waals surface area contributed by atoms with Crippen molar-refractivity contribution in [2.24, 2.45) is 5.92 Å². The second kappa shape index (κ2) is 8.74. The summed E-state index contributed by atoms with van der Waals surface area (Å²) in [5, 5.41) is 1.97. The topological polar surface area (TPSA) is 71.1 Å². The van der Waals surface area contributed by atoms with Crippen LogP contribution in [0.15, 0.2) is 23.2 Å². The van der Waals surface area contributed by atoms with E-state index in [0.29, 0.717) is 0 Å². The second-order valence-electron chi connectivity index (χ2n) is 7.35. The number of pyridine rings is 1. The van der Waals surface area contributed by atoms with Gasteiger partial charge < -0.3 is 0 Å². The quantitative estimate of drug-likeness (QED) is 0.617. The van der Waals surface area contributed by atoms with Gasteiger partial charge in [0.1, 0.15) is 5.03 Å². The molecule has 2 N–H and O–H groups in total. The molecule has 0 saturated heterocycles. The number of fused-ring (bicyclic) bond motifs is 1. The fraction of sp³-hybridized carbons (Fsp3) is 0.476. The summed E-state index contributed by atoms with van der Waals surface area (Å²) in [6, 6.07) is 6.30. The van der Waals surface area contributed by atoms with Crippen LogP contribution in [-0.4, -0.2) is 22.6 Å². The number of hydrogen-bond donors (Lipinski definition) is 2.